The fraction of sp³-hybridized carbons (Fsp3) is 0.939. The molecule has 0 spiro atoms. The quantitative estimate of drug-likeness (QED) is 0.0813. The number of hydrogen-bond acceptors (Lipinski definition) is 5. The molecule has 2 N–H and O–H groups in total. The molecule has 3 saturated carbocycles. The van der Waals surface area contributed by atoms with Crippen molar-refractivity contribution in [3.63, 3.8) is 0 Å². The van der Waals surface area contributed by atoms with Crippen LogP contribution < -0.4 is 10.6 Å². The highest BCUT2D eigenvalue weighted by Gasteiger charge is 2.56. The van der Waals surface area contributed by atoms with Crippen LogP contribution in [0, 0.1) is 23.2 Å². The first-order chi connectivity index (χ1) is 19.8. The average molecular weight is 595 g/mol. The summed E-state index contributed by atoms with van der Waals surface area (Å²) in [5.41, 5.74) is -0.0571. The lowest BCUT2D eigenvalue weighted by molar-refractivity contribution is 0.140. The summed E-state index contributed by atoms with van der Waals surface area (Å²) in [4.78, 5) is 12.6. The summed E-state index contributed by atoms with van der Waals surface area (Å²) in [5, 5.41) is 15.3. The number of hydrogen-bond donors (Lipinski definition) is 2. The SMILES string of the molecule is CCCCCCCCCCCCCCCCNC(=O)NC12CC(C1)[C@@H](COP(OCCC#N)N(C(C)C)C(C)C)C2. The number of nitrogens with one attached hydrogen (secondary N) is 2. The second-order valence-corrected chi connectivity index (χ2v) is 14.7. The standard InChI is InChI=1S/C33H63N4O3P/c1-6-7-8-9-10-11-12-13-14-15-16-17-18-19-22-35-32(38)36-33-24-30(25-33)31(26-33)27-40-41(39-23-20-21-34)37(28(2)3)29(4)5/h28-31H,6-20,22-27H2,1-5H3,(H2,35,36,38)/t30?,31-,33?,41?/m1/s1. The Labute approximate surface area is 254 Å². The number of nitriles is 1. The smallest absolute Gasteiger partial charge is 0.315 e. The highest BCUT2D eigenvalue weighted by molar-refractivity contribution is 7.44. The van der Waals surface area contributed by atoms with E-state index in [1.165, 1.54) is 83.5 Å². The number of rotatable bonds is 25. The van der Waals surface area contributed by atoms with Gasteiger partial charge in [0.25, 0.3) is 8.53 Å². The van der Waals surface area contributed by atoms with Crippen molar-refractivity contribution in [2.45, 2.75) is 168 Å². The molecule has 2 amide bonds. The molecule has 2 bridgehead atoms. The molecule has 238 valence electrons. The summed E-state index contributed by atoms with van der Waals surface area (Å²) in [6.07, 6.45) is 22.3. The van der Waals surface area contributed by atoms with Gasteiger partial charge in [-0.25, -0.2) is 9.46 Å². The second kappa shape index (κ2) is 20.9. The zero-order valence-electron chi connectivity index (χ0n) is 27.2. The molecule has 3 fully saturated rings. The minimum absolute atomic E-state index is 0.00686. The molecule has 3 aliphatic rings. The number of fused-ring (bicyclic) bond motifs is 1. The van der Waals surface area contributed by atoms with E-state index in [0.717, 1.165) is 32.2 Å². The lowest BCUT2D eigenvalue weighted by Gasteiger charge is -2.39. The molecule has 3 rings (SSSR count). The van der Waals surface area contributed by atoms with E-state index in [-0.39, 0.29) is 11.6 Å². The van der Waals surface area contributed by atoms with Crippen LogP contribution in [0.5, 0.6) is 0 Å². The van der Waals surface area contributed by atoms with Crippen LogP contribution in [-0.2, 0) is 9.05 Å². The Balaban J connectivity index is 1.53. The topological polar surface area (TPSA) is 86.6 Å². The van der Waals surface area contributed by atoms with Crippen molar-refractivity contribution in [1.29, 1.82) is 5.26 Å². The van der Waals surface area contributed by atoms with Crippen molar-refractivity contribution in [1.82, 2.24) is 15.3 Å². The highest BCUT2D eigenvalue weighted by atomic mass is 31.2. The fourth-order valence-corrected chi connectivity index (χ4v) is 8.40. The Morgan fingerprint density at radius 1 is 0.878 bits per heavy atom. The van der Waals surface area contributed by atoms with Crippen molar-refractivity contribution >= 4 is 14.6 Å². The van der Waals surface area contributed by atoms with Crippen LogP contribution >= 0.6 is 8.53 Å². The molecule has 0 aromatic rings. The van der Waals surface area contributed by atoms with Gasteiger partial charge in [0.2, 0.25) is 0 Å². The maximum atomic E-state index is 12.6. The second-order valence-electron chi connectivity index (χ2n) is 13.2. The third-order valence-corrected chi connectivity index (χ3v) is 11.0. The van der Waals surface area contributed by atoms with Crippen LogP contribution in [0.25, 0.3) is 0 Å². The van der Waals surface area contributed by atoms with Gasteiger partial charge in [0.1, 0.15) is 0 Å². The zero-order chi connectivity index (χ0) is 29.9. The van der Waals surface area contributed by atoms with Crippen LogP contribution in [0.15, 0.2) is 0 Å². The predicted octanol–water partition coefficient (Wildman–Crippen LogP) is 9.23. The number of nitrogens with zero attached hydrogens (tertiary/aromatic N) is 2. The molecule has 41 heavy (non-hydrogen) atoms. The molecule has 0 heterocycles. The third-order valence-electron chi connectivity index (χ3n) is 8.88. The fourth-order valence-electron chi connectivity index (χ4n) is 6.74. The van der Waals surface area contributed by atoms with Crippen molar-refractivity contribution < 1.29 is 13.8 Å². The number of unbranched alkanes of at least 4 members (excludes halogenated alkanes) is 13. The molecule has 0 saturated heterocycles. The van der Waals surface area contributed by atoms with Crippen molar-refractivity contribution in [2.24, 2.45) is 11.8 Å². The summed E-state index contributed by atoms with van der Waals surface area (Å²) in [6.45, 7) is 12.7. The Bertz CT molecular complexity index is 730. The zero-order valence-corrected chi connectivity index (χ0v) is 28.1. The van der Waals surface area contributed by atoms with E-state index in [9.17, 15) is 4.79 Å². The Kier molecular flexibility index (Phi) is 18.5. The first-order valence-electron chi connectivity index (χ1n) is 17.1. The van der Waals surface area contributed by atoms with Crippen molar-refractivity contribution in [2.75, 3.05) is 19.8 Å². The molecule has 2 atom stereocenters. The Morgan fingerprint density at radius 2 is 1.41 bits per heavy atom. The van der Waals surface area contributed by atoms with E-state index in [0.29, 0.717) is 43.6 Å². The Morgan fingerprint density at radius 3 is 1.93 bits per heavy atom. The molecule has 0 aromatic heterocycles. The normalized spacial score (nSPS) is 22.2. The van der Waals surface area contributed by atoms with Gasteiger partial charge in [-0.2, -0.15) is 5.26 Å². The molecule has 0 radical (unpaired) electrons. The molecule has 8 heteroatoms. The van der Waals surface area contributed by atoms with Gasteiger partial charge in [0.05, 0.1) is 25.7 Å². The van der Waals surface area contributed by atoms with Crippen LogP contribution in [0.4, 0.5) is 4.79 Å². The molecule has 1 unspecified atom stereocenters. The number of carbonyl (C=O) groups is 1. The molecule has 7 nitrogen and oxygen atoms in total. The molecular formula is C33H63N4O3P. The molecule has 0 aromatic carbocycles. The minimum Gasteiger partial charge on any atom is -0.338 e. The van der Waals surface area contributed by atoms with E-state index in [4.69, 9.17) is 14.3 Å². The van der Waals surface area contributed by atoms with E-state index in [1.807, 2.05) is 0 Å². The summed E-state index contributed by atoms with van der Waals surface area (Å²) in [6, 6.07) is 2.76. The average Bonchev–Trinajstić information content (AvgIpc) is 3.43. The van der Waals surface area contributed by atoms with Crippen molar-refractivity contribution in [3.05, 3.63) is 0 Å². The maximum Gasteiger partial charge on any atom is 0.315 e. The monoisotopic (exact) mass is 594 g/mol. The van der Waals surface area contributed by atoms with Crippen LogP contribution in [0.1, 0.15) is 150 Å². The lowest BCUT2D eigenvalue weighted by atomic mass is 9.76. The Hall–Kier alpha value is -0.930. The first-order valence-corrected chi connectivity index (χ1v) is 18.2. The predicted molar refractivity (Wildman–Crippen MR) is 172 cm³/mol. The van der Waals surface area contributed by atoms with E-state index < -0.39 is 8.53 Å². The van der Waals surface area contributed by atoms with Gasteiger partial charge in [0.15, 0.2) is 0 Å². The van der Waals surface area contributed by atoms with Gasteiger partial charge >= 0.3 is 6.03 Å². The van der Waals surface area contributed by atoms with Crippen LogP contribution in [0.3, 0.4) is 0 Å². The molecule has 3 aliphatic carbocycles. The lowest BCUT2D eigenvalue weighted by Crippen LogP contribution is -2.54. The van der Waals surface area contributed by atoms with Crippen molar-refractivity contribution in [3.8, 4) is 6.07 Å². The number of amides is 2. The van der Waals surface area contributed by atoms with Crippen LogP contribution in [-0.4, -0.2) is 48.1 Å². The van der Waals surface area contributed by atoms with E-state index in [1.54, 1.807) is 0 Å². The largest absolute Gasteiger partial charge is 0.338 e. The minimum atomic E-state index is -1.20. The van der Waals surface area contributed by atoms with Crippen LogP contribution in [0.2, 0.25) is 0 Å². The van der Waals surface area contributed by atoms with Gasteiger partial charge in [-0.1, -0.05) is 90.4 Å². The van der Waals surface area contributed by atoms with Gasteiger partial charge in [0, 0.05) is 24.2 Å². The van der Waals surface area contributed by atoms with Gasteiger partial charge < -0.3 is 19.7 Å². The number of urea groups is 1. The summed E-state index contributed by atoms with van der Waals surface area (Å²) in [7, 11) is -1.20. The third kappa shape index (κ3) is 13.9. The van der Waals surface area contributed by atoms with Gasteiger partial charge in [-0.3, -0.25) is 0 Å². The highest BCUT2D eigenvalue weighted by Crippen LogP contribution is 2.57. The number of carbonyl (C=O) groups excluding carboxylic acids is 1. The van der Waals surface area contributed by atoms with E-state index in [2.05, 4.69) is 56.0 Å². The van der Waals surface area contributed by atoms with Gasteiger partial charge in [-0.05, 0) is 65.2 Å². The summed E-state index contributed by atoms with van der Waals surface area (Å²) >= 11 is 0. The van der Waals surface area contributed by atoms with Gasteiger partial charge in [-0.15, -0.1) is 0 Å². The maximum absolute atomic E-state index is 12.6. The van der Waals surface area contributed by atoms with E-state index >= 15 is 0 Å². The summed E-state index contributed by atoms with van der Waals surface area (Å²) < 4.78 is 14.7. The summed E-state index contributed by atoms with van der Waals surface area (Å²) in [5.74, 6) is 1.07. The first kappa shape index (κ1) is 36.3. The molecule has 0 aliphatic heterocycles. The molecular weight excluding hydrogens is 531 g/mol.